The van der Waals surface area contributed by atoms with E-state index in [0.717, 1.165) is 21.7 Å². The van der Waals surface area contributed by atoms with E-state index in [1.54, 1.807) is 6.07 Å². The topological polar surface area (TPSA) is 56.0 Å². The fourth-order valence-electron chi connectivity index (χ4n) is 2.02. The molecule has 1 heterocycles. The Balaban J connectivity index is 2.41. The number of rotatable bonds is 1. The largest absolute Gasteiger partial charge is 0.364 e. The lowest BCUT2D eigenvalue weighted by atomic mass is 10.0. The summed E-state index contributed by atoms with van der Waals surface area (Å²) in [7, 11) is 0. The van der Waals surface area contributed by atoms with E-state index in [1.807, 2.05) is 36.4 Å². The van der Waals surface area contributed by atoms with E-state index in [2.05, 4.69) is 11.1 Å². The Morgan fingerprint density at radius 1 is 0.941 bits per heavy atom. The van der Waals surface area contributed by atoms with Crippen LogP contribution in [0.1, 0.15) is 10.5 Å². The Hall–Kier alpha value is -2.42. The van der Waals surface area contributed by atoms with E-state index in [-0.39, 0.29) is 0 Å². The summed E-state index contributed by atoms with van der Waals surface area (Å²) in [4.78, 5) is 15.3. The molecule has 3 nitrogen and oxygen atoms in total. The first kappa shape index (κ1) is 9.78. The maximum absolute atomic E-state index is 11.1. The molecule has 82 valence electrons. The maximum Gasteiger partial charge on any atom is 0.267 e. The molecule has 0 unspecified atom stereocenters. The Kier molecular flexibility index (Phi) is 2.05. The van der Waals surface area contributed by atoms with Crippen LogP contribution in [0, 0.1) is 0 Å². The Bertz CT molecular complexity index is 734. The summed E-state index contributed by atoms with van der Waals surface area (Å²) >= 11 is 0. The predicted octanol–water partition coefficient (Wildman–Crippen LogP) is 2.49. The summed E-state index contributed by atoms with van der Waals surface area (Å²) in [6.45, 7) is 0. The fourth-order valence-corrected chi connectivity index (χ4v) is 2.02. The van der Waals surface area contributed by atoms with Crippen molar-refractivity contribution in [2.75, 3.05) is 0 Å². The van der Waals surface area contributed by atoms with Gasteiger partial charge in [-0.2, -0.15) is 0 Å². The number of hydrogen-bond donors (Lipinski definition) is 1. The molecule has 2 N–H and O–H groups in total. The van der Waals surface area contributed by atoms with Crippen molar-refractivity contribution in [1.82, 2.24) is 4.98 Å². The van der Waals surface area contributed by atoms with Crippen LogP contribution in [0.5, 0.6) is 0 Å². The van der Waals surface area contributed by atoms with Crippen molar-refractivity contribution >= 4 is 27.6 Å². The van der Waals surface area contributed by atoms with Crippen molar-refractivity contribution in [1.29, 1.82) is 0 Å². The third-order valence-corrected chi connectivity index (χ3v) is 2.85. The molecule has 1 amide bonds. The average Bonchev–Trinajstić information content (AvgIpc) is 2.38. The van der Waals surface area contributed by atoms with Gasteiger partial charge in [0, 0.05) is 5.39 Å². The number of primary amides is 1. The monoisotopic (exact) mass is 222 g/mol. The second-order valence-corrected chi connectivity index (χ2v) is 3.91. The molecule has 17 heavy (non-hydrogen) atoms. The summed E-state index contributed by atoms with van der Waals surface area (Å²) in [5, 5.41) is 3.33. The van der Waals surface area contributed by atoms with Gasteiger partial charge in [-0.15, -0.1) is 0 Å². The zero-order chi connectivity index (χ0) is 11.8. The van der Waals surface area contributed by atoms with E-state index in [4.69, 9.17) is 5.73 Å². The van der Waals surface area contributed by atoms with E-state index >= 15 is 0 Å². The fraction of sp³-hybridized carbons (Fsp3) is 0. The molecule has 0 saturated heterocycles. The zero-order valence-electron chi connectivity index (χ0n) is 9.05. The van der Waals surface area contributed by atoms with Crippen LogP contribution in [-0.2, 0) is 0 Å². The molecule has 3 heteroatoms. The number of nitrogens with two attached hydrogens (primary N) is 1. The van der Waals surface area contributed by atoms with E-state index in [1.165, 1.54) is 0 Å². The number of pyridine rings is 1. The van der Waals surface area contributed by atoms with Crippen LogP contribution in [0.3, 0.4) is 0 Å². The highest BCUT2D eigenvalue weighted by atomic mass is 16.1. The molecular weight excluding hydrogens is 212 g/mol. The van der Waals surface area contributed by atoms with Gasteiger partial charge in [0.1, 0.15) is 5.69 Å². The van der Waals surface area contributed by atoms with Crippen molar-refractivity contribution in [2.45, 2.75) is 0 Å². The number of nitrogens with zero attached hydrogens (tertiary/aromatic N) is 1. The van der Waals surface area contributed by atoms with Gasteiger partial charge in [-0.25, -0.2) is 4.98 Å². The van der Waals surface area contributed by atoms with Crippen LogP contribution >= 0.6 is 0 Å². The van der Waals surface area contributed by atoms with Crippen molar-refractivity contribution in [3.63, 3.8) is 0 Å². The lowest BCUT2D eigenvalue weighted by molar-refractivity contribution is 0.0996. The summed E-state index contributed by atoms with van der Waals surface area (Å²) in [6.07, 6.45) is 0. The number of fused-ring (bicyclic) bond motifs is 3. The summed E-state index contributed by atoms with van der Waals surface area (Å²) in [5.41, 5.74) is 6.31. The Morgan fingerprint density at radius 2 is 1.76 bits per heavy atom. The molecule has 2 aromatic carbocycles. The van der Waals surface area contributed by atoms with Crippen molar-refractivity contribution in [2.24, 2.45) is 5.73 Å². The van der Waals surface area contributed by atoms with Crippen LogP contribution in [0.4, 0.5) is 0 Å². The third-order valence-electron chi connectivity index (χ3n) is 2.85. The predicted molar refractivity (Wildman–Crippen MR) is 67.8 cm³/mol. The Morgan fingerprint density at radius 3 is 2.59 bits per heavy atom. The van der Waals surface area contributed by atoms with Crippen molar-refractivity contribution in [3.8, 4) is 0 Å². The van der Waals surface area contributed by atoms with Crippen LogP contribution in [-0.4, -0.2) is 10.9 Å². The van der Waals surface area contributed by atoms with Gasteiger partial charge in [-0.05, 0) is 29.0 Å². The summed E-state index contributed by atoms with van der Waals surface area (Å²) in [5.74, 6) is -0.500. The first-order valence-corrected chi connectivity index (χ1v) is 5.34. The molecule has 0 aliphatic heterocycles. The molecule has 0 aliphatic carbocycles. The highest BCUT2D eigenvalue weighted by Crippen LogP contribution is 2.23. The van der Waals surface area contributed by atoms with E-state index < -0.39 is 5.91 Å². The maximum atomic E-state index is 11.1. The lowest BCUT2D eigenvalue weighted by Crippen LogP contribution is -2.12. The molecule has 0 atom stereocenters. The highest BCUT2D eigenvalue weighted by molar-refractivity contribution is 6.07. The van der Waals surface area contributed by atoms with Crippen LogP contribution in [0.15, 0.2) is 48.5 Å². The van der Waals surface area contributed by atoms with Crippen molar-refractivity contribution < 1.29 is 4.79 Å². The minimum Gasteiger partial charge on any atom is -0.364 e. The van der Waals surface area contributed by atoms with E-state index in [9.17, 15) is 4.79 Å². The molecular formula is C14H10N2O. The van der Waals surface area contributed by atoms with Crippen LogP contribution in [0.25, 0.3) is 21.7 Å². The SMILES string of the molecule is NC(=O)c1ccc2c(ccc3ccccc32)n1. The smallest absolute Gasteiger partial charge is 0.267 e. The van der Waals surface area contributed by atoms with Crippen LogP contribution < -0.4 is 5.73 Å². The average molecular weight is 222 g/mol. The number of carbonyl (C=O) groups is 1. The Labute approximate surface area is 97.9 Å². The van der Waals surface area contributed by atoms with Gasteiger partial charge in [0.25, 0.3) is 5.91 Å². The number of aromatic nitrogens is 1. The molecule has 0 spiro atoms. The second kappa shape index (κ2) is 3.56. The first-order valence-electron chi connectivity index (χ1n) is 5.34. The summed E-state index contributed by atoms with van der Waals surface area (Å²) < 4.78 is 0. The first-order chi connectivity index (χ1) is 8.25. The molecule has 0 saturated carbocycles. The van der Waals surface area contributed by atoms with E-state index in [0.29, 0.717) is 5.69 Å². The van der Waals surface area contributed by atoms with Crippen molar-refractivity contribution in [3.05, 3.63) is 54.2 Å². The number of hydrogen-bond acceptors (Lipinski definition) is 2. The van der Waals surface area contributed by atoms with Gasteiger partial charge >= 0.3 is 0 Å². The number of benzene rings is 2. The molecule has 0 bridgehead atoms. The number of carbonyl (C=O) groups excluding carboxylic acids is 1. The van der Waals surface area contributed by atoms with Gasteiger partial charge in [-0.3, -0.25) is 4.79 Å². The highest BCUT2D eigenvalue weighted by Gasteiger charge is 2.05. The molecule has 3 rings (SSSR count). The summed E-state index contributed by atoms with van der Waals surface area (Å²) in [6, 6.07) is 15.5. The minimum absolute atomic E-state index is 0.299. The molecule has 1 aromatic heterocycles. The molecule has 0 fully saturated rings. The molecule has 3 aromatic rings. The van der Waals surface area contributed by atoms with Gasteiger partial charge in [0.05, 0.1) is 5.52 Å². The van der Waals surface area contributed by atoms with Gasteiger partial charge < -0.3 is 5.73 Å². The molecule has 0 aliphatic rings. The quantitative estimate of drug-likeness (QED) is 0.643. The normalized spacial score (nSPS) is 10.8. The third kappa shape index (κ3) is 1.52. The van der Waals surface area contributed by atoms with Gasteiger partial charge in [-0.1, -0.05) is 30.3 Å². The molecule has 0 radical (unpaired) electrons. The zero-order valence-corrected chi connectivity index (χ0v) is 9.05. The van der Waals surface area contributed by atoms with Gasteiger partial charge in [0.2, 0.25) is 0 Å². The lowest BCUT2D eigenvalue weighted by Gasteiger charge is -2.04. The minimum atomic E-state index is -0.500. The number of amides is 1. The standard InChI is InChI=1S/C14H10N2O/c15-14(17)13-8-6-11-10-4-2-1-3-9(10)5-7-12(11)16-13/h1-8H,(H2,15,17). The second-order valence-electron chi connectivity index (χ2n) is 3.91. The van der Waals surface area contributed by atoms with Crippen LogP contribution in [0.2, 0.25) is 0 Å². The van der Waals surface area contributed by atoms with Gasteiger partial charge in [0.15, 0.2) is 0 Å².